The zero-order chi connectivity index (χ0) is 15.2. The van der Waals surface area contributed by atoms with E-state index in [-0.39, 0.29) is 5.69 Å². The highest BCUT2D eigenvalue weighted by atomic mass is 79.9. The lowest BCUT2D eigenvalue weighted by Crippen LogP contribution is -2.06. The maximum Gasteiger partial charge on any atom is 0.291 e. The van der Waals surface area contributed by atoms with Crippen LogP contribution < -0.4 is 5.32 Å². The number of halogens is 1. The van der Waals surface area contributed by atoms with Crippen LogP contribution in [0.1, 0.15) is 17.5 Å². The van der Waals surface area contributed by atoms with Gasteiger partial charge in [-0.3, -0.25) is 10.1 Å². The molecule has 0 fully saturated rings. The van der Waals surface area contributed by atoms with Crippen LogP contribution in [-0.4, -0.2) is 16.5 Å². The Morgan fingerprint density at radius 2 is 2.05 bits per heavy atom. The molecule has 1 aromatic heterocycles. The molecular formula is C15H16BrN3O2. The zero-order valence-electron chi connectivity index (χ0n) is 11.7. The van der Waals surface area contributed by atoms with Crippen LogP contribution in [0.5, 0.6) is 0 Å². The summed E-state index contributed by atoms with van der Waals surface area (Å²) in [6.45, 7) is 2.47. The van der Waals surface area contributed by atoms with Crippen molar-refractivity contribution in [2.24, 2.45) is 0 Å². The zero-order valence-corrected chi connectivity index (χ0v) is 13.3. The highest BCUT2D eigenvalue weighted by molar-refractivity contribution is 9.10. The summed E-state index contributed by atoms with van der Waals surface area (Å²) in [5.41, 5.74) is 1.91. The fourth-order valence-electron chi connectivity index (χ4n) is 2.02. The van der Waals surface area contributed by atoms with Gasteiger partial charge < -0.3 is 5.32 Å². The molecule has 21 heavy (non-hydrogen) atoms. The van der Waals surface area contributed by atoms with Crippen molar-refractivity contribution in [1.29, 1.82) is 0 Å². The summed E-state index contributed by atoms with van der Waals surface area (Å²) in [6, 6.07) is 10.3. The van der Waals surface area contributed by atoms with E-state index in [9.17, 15) is 10.1 Å². The van der Waals surface area contributed by atoms with Crippen LogP contribution in [0, 0.1) is 17.0 Å². The van der Waals surface area contributed by atoms with Gasteiger partial charge in [0.1, 0.15) is 12.0 Å². The third kappa shape index (κ3) is 4.01. The number of nitro groups is 1. The van der Waals surface area contributed by atoms with Gasteiger partial charge in [-0.15, -0.1) is 0 Å². The number of aromatic nitrogens is 1. The van der Waals surface area contributed by atoms with Crippen molar-refractivity contribution in [3.63, 3.8) is 0 Å². The van der Waals surface area contributed by atoms with Crippen molar-refractivity contribution in [2.45, 2.75) is 19.8 Å². The van der Waals surface area contributed by atoms with Crippen molar-refractivity contribution in [2.75, 3.05) is 11.9 Å². The topological polar surface area (TPSA) is 68.1 Å². The molecule has 0 atom stereocenters. The van der Waals surface area contributed by atoms with Gasteiger partial charge in [-0.25, -0.2) is 4.98 Å². The molecule has 0 radical (unpaired) electrons. The Hall–Kier alpha value is -1.95. The largest absolute Gasteiger partial charge is 0.369 e. The van der Waals surface area contributed by atoms with Crippen LogP contribution >= 0.6 is 15.9 Å². The average molecular weight is 350 g/mol. The molecule has 0 spiro atoms. The van der Waals surface area contributed by atoms with E-state index in [2.05, 4.69) is 38.4 Å². The molecule has 0 aliphatic carbocycles. The number of hydrogen-bond donors (Lipinski definition) is 1. The second kappa shape index (κ2) is 7.17. The van der Waals surface area contributed by atoms with Crippen LogP contribution in [-0.2, 0) is 6.42 Å². The Morgan fingerprint density at radius 1 is 1.33 bits per heavy atom. The summed E-state index contributed by atoms with van der Waals surface area (Å²) in [7, 11) is 0. The van der Waals surface area contributed by atoms with E-state index < -0.39 is 4.92 Å². The molecule has 0 aliphatic heterocycles. The molecule has 0 bridgehead atoms. The van der Waals surface area contributed by atoms with Crippen LogP contribution in [0.2, 0.25) is 0 Å². The quantitative estimate of drug-likeness (QED) is 0.484. The smallest absolute Gasteiger partial charge is 0.291 e. The normalized spacial score (nSPS) is 10.4. The first-order chi connectivity index (χ1) is 10.1. The predicted molar refractivity (Wildman–Crippen MR) is 86.6 cm³/mol. The molecule has 0 aliphatic rings. The summed E-state index contributed by atoms with van der Waals surface area (Å²) >= 11 is 3.37. The van der Waals surface area contributed by atoms with E-state index in [1.807, 2.05) is 18.2 Å². The second-order valence-electron chi connectivity index (χ2n) is 4.70. The molecule has 1 N–H and O–H groups in total. The van der Waals surface area contributed by atoms with Gasteiger partial charge in [0.2, 0.25) is 0 Å². The molecule has 0 saturated carbocycles. The van der Waals surface area contributed by atoms with Crippen LogP contribution in [0.4, 0.5) is 11.5 Å². The van der Waals surface area contributed by atoms with Gasteiger partial charge in [0.15, 0.2) is 0 Å². The lowest BCUT2D eigenvalue weighted by molar-refractivity contribution is -0.385. The Morgan fingerprint density at radius 3 is 2.71 bits per heavy atom. The van der Waals surface area contributed by atoms with Gasteiger partial charge in [0.05, 0.1) is 9.40 Å². The summed E-state index contributed by atoms with van der Waals surface area (Å²) in [5, 5.41) is 14.0. The number of anilines is 1. The van der Waals surface area contributed by atoms with Crippen molar-refractivity contribution >= 4 is 27.4 Å². The van der Waals surface area contributed by atoms with E-state index in [0.29, 0.717) is 15.9 Å². The molecule has 0 saturated heterocycles. The van der Waals surface area contributed by atoms with Gasteiger partial charge in [0.25, 0.3) is 5.69 Å². The molecule has 1 heterocycles. The highest BCUT2D eigenvalue weighted by Crippen LogP contribution is 2.30. The number of hydrogen-bond acceptors (Lipinski definition) is 4. The molecule has 0 amide bonds. The highest BCUT2D eigenvalue weighted by Gasteiger charge is 2.16. The first kappa shape index (κ1) is 15.4. The molecule has 5 nitrogen and oxygen atoms in total. The van der Waals surface area contributed by atoms with Gasteiger partial charge in [0, 0.05) is 12.1 Å². The Kier molecular flexibility index (Phi) is 5.27. The van der Waals surface area contributed by atoms with E-state index in [1.54, 1.807) is 6.92 Å². The van der Waals surface area contributed by atoms with Crippen LogP contribution in [0.3, 0.4) is 0 Å². The molecule has 1 aromatic carbocycles. The number of benzene rings is 1. The molecular weight excluding hydrogens is 334 g/mol. The number of nitrogens with zero attached hydrogens (tertiary/aromatic N) is 2. The third-order valence-corrected chi connectivity index (χ3v) is 4.18. The SMILES string of the molecule is Cc1c([N+](=O)[O-])cnc(NCCCc2ccccc2)c1Br. The van der Waals surface area contributed by atoms with E-state index >= 15 is 0 Å². The number of nitrogens with one attached hydrogen (secondary N) is 1. The first-order valence-electron chi connectivity index (χ1n) is 6.67. The van der Waals surface area contributed by atoms with Gasteiger partial charge in [-0.2, -0.15) is 0 Å². The fraction of sp³-hybridized carbons (Fsp3) is 0.267. The summed E-state index contributed by atoms with van der Waals surface area (Å²) in [4.78, 5) is 14.5. The minimum Gasteiger partial charge on any atom is -0.369 e. The van der Waals surface area contributed by atoms with Gasteiger partial charge in [-0.05, 0) is 41.3 Å². The maximum atomic E-state index is 10.8. The first-order valence-corrected chi connectivity index (χ1v) is 7.46. The van der Waals surface area contributed by atoms with Crippen LogP contribution in [0.15, 0.2) is 41.0 Å². The van der Waals surface area contributed by atoms with Crippen molar-refractivity contribution in [1.82, 2.24) is 4.98 Å². The van der Waals surface area contributed by atoms with Crippen molar-refractivity contribution in [3.05, 3.63) is 62.2 Å². The van der Waals surface area contributed by atoms with Crippen molar-refractivity contribution < 1.29 is 4.92 Å². The van der Waals surface area contributed by atoms with Gasteiger partial charge >= 0.3 is 0 Å². The monoisotopic (exact) mass is 349 g/mol. The molecule has 6 heteroatoms. The number of aryl methyl sites for hydroxylation is 1. The van der Waals surface area contributed by atoms with Crippen molar-refractivity contribution in [3.8, 4) is 0 Å². The third-order valence-electron chi connectivity index (χ3n) is 3.21. The predicted octanol–water partition coefficient (Wildman–Crippen LogP) is 4.11. The Labute approximate surface area is 131 Å². The Bertz CT molecular complexity index is 632. The van der Waals surface area contributed by atoms with Gasteiger partial charge in [-0.1, -0.05) is 30.3 Å². The fourth-order valence-corrected chi connectivity index (χ4v) is 2.47. The number of rotatable bonds is 6. The summed E-state index contributed by atoms with van der Waals surface area (Å²) in [5.74, 6) is 0.645. The molecule has 0 unspecified atom stereocenters. The average Bonchev–Trinajstić information content (AvgIpc) is 2.48. The minimum absolute atomic E-state index is 0.0247. The van der Waals surface area contributed by atoms with E-state index in [4.69, 9.17) is 0 Å². The summed E-state index contributed by atoms with van der Waals surface area (Å²) < 4.78 is 0.649. The minimum atomic E-state index is -0.424. The lowest BCUT2D eigenvalue weighted by atomic mass is 10.1. The maximum absolute atomic E-state index is 10.8. The molecule has 110 valence electrons. The lowest BCUT2D eigenvalue weighted by Gasteiger charge is -2.09. The molecule has 2 rings (SSSR count). The standard InChI is InChI=1S/C15H16BrN3O2/c1-11-13(19(20)21)10-18-15(14(11)16)17-9-5-8-12-6-3-2-4-7-12/h2-4,6-7,10H,5,8-9H2,1H3,(H,17,18). The van der Waals surface area contributed by atoms with E-state index in [0.717, 1.165) is 19.4 Å². The summed E-state index contributed by atoms with van der Waals surface area (Å²) in [6.07, 6.45) is 3.24. The van der Waals surface area contributed by atoms with E-state index in [1.165, 1.54) is 11.8 Å². The Balaban J connectivity index is 1.92. The number of pyridine rings is 1. The second-order valence-corrected chi connectivity index (χ2v) is 5.50. The molecule has 2 aromatic rings. The van der Waals surface area contributed by atoms with Crippen LogP contribution in [0.25, 0.3) is 0 Å².